The monoisotopic (exact) mass is 167 g/mol. The molecule has 1 aliphatic carbocycles. The van der Waals surface area contributed by atoms with Crippen molar-refractivity contribution in [3.8, 4) is 6.19 Å². The Kier molecular flexibility index (Phi) is 2.66. The third-order valence-electron chi connectivity index (χ3n) is 2.58. The van der Waals surface area contributed by atoms with Gasteiger partial charge in [0.1, 0.15) is 0 Å². The lowest BCUT2D eigenvalue weighted by atomic mass is 9.66. The lowest BCUT2D eigenvalue weighted by molar-refractivity contribution is -0.123. The molecule has 4 heteroatoms. The molecule has 0 heterocycles. The van der Waals surface area contributed by atoms with Crippen molar-refractivity contribution in [2.45, 2.75) is 25.7 Å². The number of carbonyl (C=O) groups is 1. The molecule has 0 atom stereocenters. The first kappa shape index (κ1) is 9.01. The van der Waals surface area contributed by atoms with Crippen LogP contribution in [0.3, 0.4) is 0 Å². The third-order valence-corrected chi connectivity index (χ3v) is 2.58. The fourth-order valence-electron chi connectivity index (χ4n) is 1.58. The van der Waals surface area contributed by atoms with Crippen LogP contribution in [0.4, 0.5) is 0 Å². The third kappa shape index (κ3) is 1.74. The second kappa shape index (κ2) is 3.55. The summed E-state index contributed by atoms with van der Waals surface area (Å²) in [6, 6.07) is 0. The zero-order valence-corrected chi connectivity index (χ0v) is 6.97. The Morgan fingerprint density at radius 3 is 2.67 bits per heavy atom. The van der Waals surface area contributed by atoms with E-state index in [0.717, 1.165) is 19.3 Å². The second-order valence-electron chi connectivity index (χ2n) is 3.39. The van der Waals surface area contributed by atoms with Crippen molar-refractivity contribution in [1.29, 1.82) is 5.26 Å². The molecule has 0 aliphatic heterocycles. The van der Waals surface area contributed by atoms with Gasteiger partial charge in [0.25, 0.3) is 0 Å². The normalized spacial score (nSPS) is 19.0. The fraction of sp³-hybridized carbons (Fsp3) is 0.750. The van der Waals surface area contributed by atoms with Crippen molar-refractivity contribution in [2.24, 2.45) is 11.1 Å². The van der Waals surface area contributed by atoms with E-state index in [2.05, 4.69) is 5.32 Å². The van der Waals surface area contributed by atoms with Crippen molar-refractivity contribution in [1.82, 2.24) is 5.32 Å². The first-order chi connectivity index (χ1) is 5.72. The average molecular weight is 167 g/mol. The molecule has 4 nitrogen and oxygen atoms in total. The van der Waals surface area contributed by atoms with Crippen LogP contribution in [-0.2, 0) is 4.79 Å². The van der Waals surface area contributed by atoms with Gasteiger partial charge in [-0.2, -0.15) is 5.26 Å². The molecular formula is C8H13N3O. The van der Waals surface area contributed by atoms with Crippen LogP contribution < -0.4 is 11.1 Å². The van der Waals surface area contributed by atoms with Gasteiger partial charge in [-0.15, -0.1) is 0 Å². The van der Waals surface area contributed by atoms with E-state index in [1.165, 1.54) is 0 Å². The van der Waals surface area contributed by atoms with Crippen molar-refractivity contribution < 1.29 is 4.79 Å². The molecule has 66 valence electrons. The molecule has 0 aromatic heterocycles. The van der Waals surface area contributed by atoms with E-state index in [1.54, 1.807) is 6.19 Å². The topological polar surface area (TPSA) is 78.9 Å². The summed E-state index contributed by atoms with van der Waals surface area (Å²) in [5, 5.41) is 10.3. The molecule has 3 N–H and O–H groups in total. The van der Waals surface area contributed by atoms with Crippen LogP contribution in [0.1, 0.15) is 25.7 Å². The Hall–Kier alpha value is -1.08. The zero-order chi connectivity index (χ0) is 9.03. The van der Waals surface area contributed by atoms with Gasteiger partial charge in [0, 0.05) is 6.42 Å². The number of nitrogens with one attached hydrogen (secondary N) is 1. The van der Waals surface area contributed by atoms with Crippen molar-refractivity contribution >= 4 is 5.91 Å². The molecular weight excluding hydrogens is 154 g/mol. The molecule has 1 amide bonds. The van der Waals surface area contributed by atoms with Gasteiger partial charge < -0.3 is 5.73 Å². The molecule has 0 bridgehead atoms. The number of nitrogens with zero attached hydrogens (tertiary/aromatic N) is 1. The zero-order valence-electron chi connectivity index (χ0n) is 6.97. The van der Waals surface area contributed by atoms with E-state index in [-0.39, 0.29) is 11.3 Å². The molecule has 0 radical (unpaired) electrons. The number of rotatable bonds is 3. The van der Waals surface area contributed by atoms with E-state index < -0.39 is 0 Å². The average Bonchev–Trinajstić information content (AvgIpc) is 1.97. The summed E-state index contributed by atoms with van der Waals surface area (Å²) in [5.74, 6) is -0.206. The molecule has 0 spiro atoms. The quantitative estimate of drug-likeness (QED) is 0.462. The largest absolute Gasteiger partial charge is 0.330 e. The lowest BCUT2D eigenvalue weighted by Crippen LogP contribution is -2.41. The van der Waals surface area contributed by atoms with E-state index in [9.17, 15) is 4.79 Å². The van der Waals surface area contributed by atoms with Crippen LogP contribution in [0.2, 0.25) is 0 Å². The van der Waals surface area contributed by atoms with Gasteiger partial charge in [-0.25, -0.2) is 0 Å². The van der Waals surface area contributed by atoms with Crippen LogP contribution in [0.15, 0.2) is 0 Å². The first-order valence-electron chi connectivity index (χ1n) is 4.10. The highest BCUT2D eigenvalue weighted by Crippen LogP contribution is 2.42. The van der Waals surface area contributed by atoms with E-state index in [1.807, 2.05) is 0 Å². The number of hydrogen-bond acceptors (Lipinski definition) is 3. The Morgan fingerprint density at radius 1 is 1.67 bits per heavy atom. The van der Waals surface area contributed by atoms with Crippen molar-refractivity contribution in [2.75, 3.05) is 6.54 Å². The number of nitriles is 1. The lowest BCUT2D eigenvalue weighted by Gasteiger charge is -2.40. The summed E-state index contributed by atoms with van der Waals surface area (Å²) in [6.45, 7) is 0.547. The summed E-state index contributed by atoms with van der Waals surface area (Å²) < 4.78 is 0. The molecule has 1 saturated carbocycles. The van der Waals surface area contributed by atoms with Crippen LogP contribution in [0.25, 0.3) is 0 Å². The molecule has 1 rings (SSSR count). The standard InChI is InChI=1S/C8H13N3O/c9-5-8(2-1-3-8)4-7(12)11-6-10/h1-5,9H2,(H,11,12). The molecule has 0 saturated heterocycles. The molecule has 1 aliphatic rings. The Balaban J connectivity index is 2.38. The van der Waals surface area contributed by atoms with Crippen LogP contribution in [-0.4, -0.2) is 12.5 Å². The molecule has 0 aromatic carbocycles. The highest BCUT2D eigenvalue weighted by Gasteiger charge is 2.37. The predicted octanol–water partition coefficient (Wildman–Crippen LogP) is 0.103. The molecule has 12 heavy (non-hydrogen) atoms. The predicted molar refractivity (Wildman–Crippen MR) is 43.7 cm³/mol. The highest BCUT2D eigenvalue weighted by molar-refractivity contribution is 5.78. The fourth-order valence-corrected chi connectivity index (χ4v) is 1.58. The van der Waals surface area contributed by atoms with Gasteiger partial charge in [0.05, 0.1) is 0 Å². The van der Waals surface area contributed by atoms with Gasteiger partial charge >= 0.3 is 0 Å². The van der Waals surface area contributed by atoms with Crippen molar-refractivity contribution in [3.05, 3.63) is 0 Å². The van der Waals surface area contributed by atoms with E-state index in [0.29, 0.717) is 13.0 Å². The van der Waals surface area contributed by atoms with E-state index in [4.69, 9.17) is 11.0 Å². The second-order valence-corrected chi connectivity index (χ2v) is 3.39. The van der Waals surface area contributed by atoms with Gasteiger partial charge in [-0.3, -0.25) is 10.1 Å². The minimum atomic E-state index is -0.206. The van der Waals surface area contributed by atoms with Gasteiger partial charge in [0.2, 0.25) is 5.91 Å². The Morgan fingerprint density at radius 2 is 2.33 bits per heavy atom. The summed E-state index contributed by atoms with van der Waals surface area (Å²) in [4.78, 5) is 11.0. The van der Waals surface area contributed by atoms with Crippen LogP contribution in [0.5, 0.6) is 0 Å². The minimum Gasteiger partial charge on any atom is -0.330 e. The van der Waals surface area contributed by atoms with Crippen LogP contribution >= 0.6 is 0 Å². The maximum Gasteiger partial charge on any atom is 0.233 e. The molecule has 1 fully saturated rings. The van der Waals surface area contributed by atoms with Gasteiger partial charge in [0.15, 0.2) is 6.19 Å². The summed E-state index contributed by atoms with van der Waals surface area (Å²) >= 11 is 0. The maximum atomic E-state index is 11.0. The molecule has 0 aromatic rings. The smallest absolute Gasteiger partial charge is 0.233 e. The summed E-state index contributed by atoms with van der Waals surface area (Å²) in [5.41, 5.74) is 5.55. The maximum absolute atomic E-state index is 11.0. The van der Waals surface area contributed by atoms with Gasteiger partial charge in [-0.1, -0.05) is 6.42 Å². The van der Waals surface area contributed by atoms with Gasteiger partial charge in [-0.05, 0) is 24.8 Å². The minimum absolute atomic E-state index is 0.000926. The molecule has 0 unspecified atom stereocenters. The van der Waals surface area contributed by atoms with Crippen molar-refractivity contribution in [3.63, 3.8) is 0 Å². The summed E-state index contributed by atoms with van der Waals surface area (Å²) in [6.07, 6.45) is 5.20. The summed E-state index contributed by atoms with van der Waals surface area (Å²) in [7, 11) is 0. The highest BCUT2D eigenvalue weighted by atomic mass is 16.1. The first-order valence-corrected chi connectivity index (χ1v) is 4.10. The number of nitrogens with two attached hydrogens (primary N) is 1. The Bertz CT molecular complexity index is 209. The number of carbonyl (C=O) groups excluding carboxylic acids is 1. The Labute approximate surface area is 71.7 Å². The SMILES string of the molecule is N#CNC(=O)CC1(CN)CCC1. The van der Waals surface area contributed by atoms with Crippen LogP contribution in [0, 0.1) is 16.9 Å². The number of hydrogen-bond donors (Lipinski definition) is 2. The van der Waals surface area contributed by atoms with E-state index >= 15 is 0 Å². The number of amides is 1.